The van der Waals surface area contributed by atoms with E-state index in [0.29, 0.717) is 30.3 Å². The lowest BCUT2D eigenvalue weighted by Gasteiger charge is -2.18. The summed E-state index contributed by atoms with van der Waals surface area (Å²) in [4.78, 5) is 24.0. The predicted octanol–water partition coefficient (Wildman–Crippen LogP) is 3.64. The topological polar surface area (TPSA) is 75.0 Å². The van der Waals surface area contributed by atoms with E-state index in [1.807, 2.05) is 18.2 Å². The van der Waals surface area contributed by atoms with Gasteiger partial charge in [0.25, 0.3) is 0 Å². The summed E-state index contributed by atoms with van der Waals surface area (Å²) in [6, 6.07) is 14.3. The molecule has 2 aromatic carbocycles. The number of rotatable bonds is 5. The molecule has 136 valence electrons. The minimum absolute atomic E-state index is 0.166. The minimum atomic E-state index is -0.616. The van der Waals surface area contributed by atoms with E-state index in [2.05, 4.69) is 0 Å². The summed E-state index contributed by atoms with van der Waals surface area (Å²) < 4.78 is 21.4. The van der Waals surface area contributed by atoms with Crippen molar-refractivity contribution >= 4 is 28.8 Å². The average Bonchev–Trinajstić information content (AvgIpc) is 3.14. The fourth-order valence-corrected chi connectivity index (χ4v) is 2.70. The minimum Gasteiger partial charge on any atom is -0.486 e. The fraction of sp³-hybridized carbons (Fsp3) is 0.143. The van der Waals surface area contributed by atoms with Gasteiger partial charge in [0.15, 0.2) is 23.9 Å². The molecule has 6 nitrogen and oxygen atoms in total. The number of hydrogen-bond donors (Lipinski definition) is 0. The van der Waals surface area contributed by atoms with Gasteiger partial charge in [-0.1, -0.05) is 24.3 Å². The third-order valence-corrected chi connectivity index (χ3v) is 4.02. The van der Waals surface area contributed by atoms with Crippen molar-refractivity contribution < 1.29 is 28.2 Å². The Kier molecular flexibility index (Phi) is 4.61. The Labute approximate surface area is 154 Å². The zero-order valence-electron chi connectivity index (χ0n) is 14.3. The zero-order valence-corrected chi connectivity index (χ0v) is 14.3. The van der Waals surface area contributed by atoms with E-state index in [9.17, 15) is 9.59 Å². The van der Waals surface area contributed by atoms with E-state index in [0.717, 1.165) is 10.9 Å². The van der Waals surface area contributed by atoms with Gasteiger partial charge in [-0.3, -0.25) is 4.79 Å². The first-order valence-corrected chi connectivity index (χ1v) is 8.45. The third-order valence-electron chi connectivity index (χ3n) is 4.02. The number of Topliss-reactive ketones (excluding diaryl/α,β-unsaturated/α-hetero) is 1. The number of fused-ring (bicyclic) bond motifs is 2. The first-order valence-electron chi connectivity index (χ1n) is 8.45. The van der Waals surface area contributed by atoms with Gasteiger partial charge in [-0.25, -0.2) is 4.79 Å². The number of furan rings is 1. The maximum absolute atomic E-state index is 12.1. The summed E-state index contributed by atoms with van der Waals surface area (Å²) >= 11 is 0. The van der Waals surface area contributed by atoms with Crippen molar-refractivity contribution in [1.82, 2.24) is 0 Å². The first kappa shape index (κ1) is 16.9. The van der Waals surface area contributed by atoms with E-state index < -0.39 is 11.8 Å². The molecule has 0 amide bonds. The summed E-state index contributed by atoms with van der Waals surface area (Å²) in [5.74, 6) is 0.468. The number of carbonyl (C=O) groups excluding carboxylic acids is 2. The van der Waals surface area contributed by atoms with Crippen molar-refractivity contribution in [3.8, 4) is 11.5 Å². The van der Waals surface area contributed by atoms with Crippen molar-refractivity contribution in [2.45, 2.75) is 0 Å². The van der Waals surface area contributed by atoms with Gasteiger partial charge in [-0.15, -0.1) is 0 Å². The maximum Gasteiger partial charge on any atom is 0.331 e. The Morgan fingerprint density at radius 3 is 2.67 bits per heavy atom. The summed E-state index contributed by atoms with van der Waals surface area (Å²) in [5.41, 5.74) is 1.38. The molecular formula is C21H16O6. The van der Waals surface area contributed by atoms with E-state index >= 15 is 0 Å². The van der Waals surface area contributed by atoms with Crippen LogP contribution in [-0.4, -0.2) is 31.6 Å². The Bertz CT molecular complexity index is 997. The lowest BCUT2D eigenvalue weighted by atomic mass is 10.2. The molecule has 0 aliphatic carbocycles. The molecule has 0 unspecified atom stereocenters. The molecule has 0 saturated heterocycles. The number of para-hydroxylation sites is 1. The number of ether oxygens (including phenoxy) is 3. The van der Waals surface area contributed by atoms with Gasteiger partial charge in [-0.05, 0) is 35.9 Å². The zero-order chi connectivity index (χ0) is 18.6. The molecule has 0 fully saturated rings. The van der Waals surface area contributed by atoms with Gasteiger partial charge in [0.2, 0.25) is 5.78 Å². The highest BCUT2D eigenvalue weighted by Gasteiger charge is 2.14. The van der Waals surface area contributed by atoms with Crippen molar-refractivity contribution in [2.75, 3.05) is 19.8 Å². The number of carbonyl (C=O) groups is 2. The molecule has 2 heterocycles. The molecule has 0 N–H and O–H groups in total. The van der Waals surface area contributed by atoms with Gasteiger partial charge in [0, 0.05) is 11.5 Å². The Balaban J connectivity index is 1.35. The van der Waals surface area contributed by atoms with Crippen LogP contribution < -0.4 is 9.47 Å². The molecule has 0 saturated carbocycles. The third kappa shape index (κ3) is 3.84. The molecule has 0 bridgehead atoms. The molecule has 1 aliphatic heterocycles. The number of ketones is 1. The van der Waals surface area contributed by atoms with Crippen LogP contribution in [0, 0.1) is 0 Å². The molecule has 1 aliphatic rings. The van der Waals surface area contributed by atoms with Crippen LogP contribution in [0.2, 0.25) is 0 Å². The second kappa shape index (κ2) is 7.37. The van der Waals surface area contributed by atoms with Crippen LogP contribution in [-0.2, 0) is 9.53 Å². The second-order valence-corrected chi connectivity index (χ2v) is 5.92. The highest BCUT2D eigenvalue weighted by atomic mass is 16.6. The maximum atomic E-state index is 12.1. The van der Waals surface area contributed by atoms with Crippen LogP contribution >= 0.6 is 0 Å². The molecule has 0 radical (unpaired) electrons. The second-order valence-electron chi connectivity index (χ2n) is 5.92. The largest absolute Gasteiger partial charge is 0.486 e. The number of hydrogen-bond acceptors (Lipinski definition) is 6. The van der Waals surface area contributed by atoms with Gasteiger partial charge in [0.1, 0.15) is 18.8 Å². The van der Waals surface area contributed by atoms with Crippen LogP contribution in [0.25, 0.3) is 17.0 Å². The van der Waals surface area contributed by atoms with E-state index in [-0.39, 0.29) is 12.4 Å². The molecule has 4 rings (SSSR count). The number of benzene rings is 2. The van der Waals surface area contributed by atoms with Crippen LogP contribution in [0.3, 0.4) is 0 Å². The van der Waals surface area contributed by atoms with Crippen LogP contribution in [0.15, 0.2) is 59.0 Å². The Morgan fingerprint density at radius 1 is 1.00 bits per heavy atom. The normalized spacial score (nSPS) is 13.0. The predicted molar refractivity (Wildman–Crippen MR) is 98.0 cm³/mol. The van der Waals surface area contributed by atoms with E-state index in [4.69, 9.17) is 18.6 Å². The van der Waals surface area contributed by atoms with Crippen molar-refractivity contribution in [1.29, 1.82) is 0 Å². The van der Waals surface area contributed by atoms with Gasteiger partial charge < -0.3 is 18.6 Å². The van der Waals surface area contributed by atoms with Crippen LogP contribution in [0.5, 0.6) is 11.5 Å². The SMILES string of the molecule is O=C(/C=C/c1ccc2c(c1)OCCO2)OCC(=O)c1cc2ccccc2o1. The first-order chi connectivity index (χ1) is 13.2. The summed E-state index contributed by atoms with van der Waals surface area (Å²) in [6.45, 7) is 0.629. The fourth-order valence-electron chi connectivity index (χ4n) is 2.70. The monoisotopic (exact) mass is 364 g/mol. The average molecular weight is 364 g/mol. The van der Waals surface area contributed by atoms with Crippen LogP contribution in [0.1, 0.15) is 16.1 Å². The van der Waals surface area contributed by atoms with Gasteiger partial charge in [0.05, 0.1) is 0 Å². The van der Waals surface area contributed by atoms with Crippen molar-refractivity contribution in [3.05, 3.63) is 65.9 Å². The summed E-state index contributed by atoms with van der Waals surface area (Å²) in [7, 11) is 0. The molecule has 0 atom stereocenters. The van der Waals surface area contributed by atoms with Crippen molar-refractivity contribution in [2.24, 2.45) is 0 Å². The summed E-state index contributed by atoms with van der Waals surface area (Å²) in [5, 5.41) is 0.825. The Morgan fingerprint density at radius 2 is 1.81 bits per heavy atom. The lowest BCUT2D eigenvalue weighted by molar-refractivity contribution is -0.136. The molecular weight excluding hydrogens is 348 g/mol. The van der Waals surface area contributed by atoms with E-state index in [1.54, 1.807) is 36.4 Å². The highest BCUT2D eigenvalue weighted by Crippen LogP contribution is 2.31. The molecule has 1 aromatic heterocycles. The van der Waals surface area contributed by atoms with Gasteiger partial charge >= 0.3 is 5.97 Å². The number of esters is 1. The smallest absolute Gasteiger partial charge is 0.331 e. The quantitative estimate of drug-likeness (QED) is 0.391. The Hall–Kier alpha value is -3.54. The standard InChI is InChI=1S/C21H16O6/c22-16(19-12-15-3-1-2-4-17(15)27-19)13-26-21(23)8-6-14-5-7-18-20(11-14)25-10-9-24-18/h1-8,11-12H,9-10,13H2/b8-6+. The highest BCUT2D eigenvalue weighted by molar-refractivity contribution is 5.99. The lowest BCUT2D eigenvalue weighted by Crippen LogP contribution is -2.15. The molecule has 3 aromatic rings. The van der Waals surface area contributed by atoms with Gasteiger partial charge in [-0.2, -0.15) is 0 Å². The van der Waals surface area contributed by atoms with Crippen molar-refractivity contribution in [3.63, 3.8) is 0 Å². The molecule has 27 heavy (non-hydrogen) atoms. The summed E-state index contributed by atoms with van der Waals surface area (Å²) in [6.07, 6.45) is 2.85. The molecule has 6 heteroatoms. The van der Waals surface area contributed by atoms with Crippen LogP contribution in [0.4, 0.5) is 0 Å². The molecule has 0 spiro atoms. The van der Waals surface area contributed by atoms with E-state index in [1.165, 1.54) is 6.08 Å².